The van der Waals surface area contributed by atoms with Crippen LogP contribution < -0.4 is 0 Å². The molecular weight excluding hydrogens is 198 g/mol. The monoisotopic (exact) mass is 207 g/mol. The van der Waals surface area contributed by atoms with Crippen LogP contribution in [0.4, 0.5) is 0 Å². The summed E-state index contributed by atoms with van der Waals surface area (Å²) in [4.78, 5) is 24.7. The number of pyridine rings is 1. The fraction of sp³-hybridized carbons (Fsp3) is 0.100. The van der Waals surface area contributed by atoms with Crippen molar-refractivity contribution in [1.29, 1.82) is 0 Å². The van der Waals surface area contributed by atoms with Crippen LogP contribution in [0, 0.1) is 0 Å². The van der Waals surface area contributed by atoms with E-state index in [1.165, 1.54) is 30.5 Å². The van der Waals surface area contributed by atoms with Crippen LogP contribution in [0.1, 0.15) is 22.5 Å². The molecule has 0 aliphatic carbocycles. The minimum atomic E-state index is -1.04. The van der Waals surface area contributed by atoms with Crippen molar-refractivity contribution in [2.24, 2.45) is 0 Å². The number of hydrogen-bond donors (Lipinski definition) is 2. The third kappa shape index (κ3) is 3.60. The highest BCUT2D eigenvalue weighted by Crippen LogP contribution is 2.04. The fourth-order valence-electron chi connectivity index (χ4n) is 0.953. The largest absolute Gasteiger partial charge is 0.481 e. The molecule has 0 radical (unpaired) electrons. The van der Waals surface area contributed by atoms with Gasteiger partial charge < -0.3 is 10.2 Å². The molecule has 0 aliphatic heterocycles. The molecule has 1 aromatic rings. The van der Waals surface area contributed by atoms with E-state index >= 15 is 0 Å². The van der Waals surface area contributed by atoms with E-state index in [0.29, 0.717) is 5.69 Å². The van der Waals surface area contributed by atoms with E-state index in [1.54, 1.807) is 0 Å². The second-order valence-corrected chi connectivity index (χ2v) is 2.77. The second kappa shape index (κ2) is 4.90. The lowest BCUT2D eigenvalue weighted by Crippen LogP contribution is -1.97. The Morgan fingerprint density at radius 2 is 2.13 bits per heavy atom. The summed E-state index contributed by atoms with van der Waals surface area (Å²) in [6.07, 6.45) is 4.14. The highest BCUT2D eigenvalue weighted by molar-refractivity contribution is 5.88. The zero-order valence-corrected chi connectivity index (χ0v) is 7.75. The van der Waals surface area contributed by atoms with Gasteiger partial charge in [0.2, 0.25) is 0 Å². The lowest BCUT2D eigenvalue weighted by atomic mass is 10.2. The van der Waals surface area contributed by atoms with Gasteiger partial charge in [0.25, 0.3) is 0 Å². The van der Waals surface area contributed by atoms with Crippen LogP contribution >= 0.6 is 0 Å². The summed E-state index contributed by atoms with van der Waals surface area (Å²) in [6.45, 7) is 0. The minimum Gasteiger partial charge on any atom is -0.481 e. The Morgan fingerprint density at radius 1 is 1.40 bits per heavy atom. The summed E-state index contributed by atoms with van der Waals surface area (Å²) in [5.74, 6) is -1.98. The van der Waals surface area contributed by atoms with E-state index in [9.17, 15) is 9.59 Å². The van der Waals surface area contributed by atoms with Crippen LogP contribution in [0.15, 0.2) is 24.4 Å². The fourth-order valence-corrected chi connectivity index (χ4v) is 0.953. The molecule has 0 aliphatic rings. The average Bonchev–Trinajstić information content (AvgIpc) is 2.17. The summed E-state index contributed by atoms with van der Waals surface area (Å²) in [6, 6.07) is 2.75. The molecule has 0 saturated heterocycles. The maximum Gasteiger partial charge on any atom is 0.335 e. The number of carboxylic acids is 2. The normalized spacial score (nSPS) is 10.4. The first-order valence-electron chi connectivity index (χ1n) is 4.17. The molecule has 0 amide bonds. The molecule has 0 fully saturated rings. The van der Waals surface area contributed by atoms with Crippen molar-refractivity contribution in [3.05, 3.63) is 35.7 Å². The number of nitrogens with zero attached hydrogens (tertiary/aromatic N) is 1. The molecule has 5 heteroatoms. The maximum absolute atomic E-state index is 10.6. The van der Waals surface area contributed by atoms with Gasteiger partial charge in [-0.3, -0.25) is 9.78 Å². The third-order valence-electron chi connectivity index (χ3n) is 1.61. The number of aliphatic carboxylic acids is 1. The van der Waals surface area contributed by atoms with Crippen molar-refractivity contribution in [1.82, 2.24) is 4.98 Å². The SMILES string of the molecule is O=C(O)CC=Cc1cc(C(=O)O)ccn1. The molecule has 0 saturated carbocycles. The smallest absolute Gasteiger partial charge is 0.335 e. The molecular formula is C10H9NO4. The molecule has 1 aromatic heterocycles. The van der Waals surface area contributed by atoms with Gasteiger partial charge in [0, 0.05) is 6.20 Å². The van der Waals surface area contributed by atoms with Gasteiger partial charge in [-0.25, -0.2) is 4.79 Å². The van der Waals surface area contributed by atoms with E-state index in [1.807, 2.05) is 0 Å². The van der Waals surface area contributed by atoms with Crippen LogP contribution in [0.3, 0.4) is 0 Å². The van der Waals surface area contributed by atoms with Crippen LogP contribution in [0.2, 0.25) is 0 Å². The summed E-state index contributed by atoms with van der Waals surface area (Å²) in [7, 11) is 0. The van der Waals surface area contributed by atoms with Gasteiger partial charge in [0.15, 0.2) is 0 Å². The highest BCUT2D eigenvalue weighted by Gasteiger charge is 2.01. The molecule has 2 N–H and O–H groups in total. The Hall–Kier alpha value is -2.17. The molecule has 5 nitrogen and oxygen atoms in total. The molecule has 1 heterocycles. The van der Waals surface area contributed by atoms with Crippen LogP contribution in [-0.4, -0.2) is 27.1 Å². The number of aromatic carboxylic acids is 1. The first kappa shape index (κ1) is 10.9. The first-order valence-corrected chi connectivity index (χ1v) is 4.17. The van der Waals surface area contributed by atoms with Crippen molar-refractivity contribution in [2.75, 3.05) is 0 Å². The van der Waals surface area contributed by atoms with Crippen LogP contribution in [0.5, 0.6) is 0 Å². The number of carboxylic acid groups (broad SMARTS) is 2. The van der Waals surface area contributed by atoms with E-state index in [4.69, 9.17) is 10.2 Å². The first-order chi connectivity index (χ1) is 7.09. The van der Waals surface area contributed by atoms with Gasteiger partial charge in [-0.1, -0.05) is 6.08 Å². The van der Waals surface area contributed by atoms with Gasteiger partial charge >= 0.3 is 11.9 Å². The van der Waals surface area contributed by atoms with Crippen molar-refractivity contribution < 1.29 is 19.8 Å². The minimum absolute atomic E-state index is 0.112. The Bertz CT molecular complexity index is 412. The number of hydrogen-bond acceptors (Lipinski definition) is 3. The maximum atomic E-state index is 10.6. The van der Waals surface area contributed by atoms with Gasteiger partial charge in [0.05, 0.1) is 17.7 Å². The van der Waals surface area contributed by atoms with Crippen LogP contribution in [-0.2, 0) is 4.79 Å². The Kier molecular flexibility index (Phi) is 3.56. The Morgan fingerprint density at radius 3 is 2.73 bits per heavy atom. The molecule has 0 unspecified atom stereocenters. The van der Waals surface area contributed by atoms with E-state index < -0.39 is 11.9 Å². The van der Waals surface area contributed by atoms with Gasteiger partial charge in [-0.05, 0) is 18.2 Å². The standard InChI is InChI=1S/C10H9NO4/c12-9(13)3-1-2-8-6-7(10(14)15)4-5-11-8/h1-2,4-6H,3H2,(H,12,13)(H,14,15). The second-order valence-electron chi connectivity index (χ2n) is 2.77. The summed E-state index contributed by atoms with van der Waals surface area (Å²) in [5.41, 5.74) is 0.552. The quantitative estimate of drug-likeness (QED) is 0.776. The highest BCUT2D eigenvalue weighted by atomic mass is 16.4. The Balaban J connectivity index is 2.78. The molecule has 15 heavy (non-hydrogen) atoms. The molecule has 0 spiro atoms. The average molecular weight is 207 g/mol. The molecule has 1 rings (SSSR count). The van der Waals surface area contributed by atoms with Crippen molar-refractivity contribution in [3.8, 4) is 0 Å². The lowest BCUT2D eigenvalue weighted by Gasteiger charge is -1.95. The molecule has 0 aromatic carbocycles. The van der Waals surface area contributed by atoms with E-state index in [-0.39, 0.29) is 12.0 Å². The molecule has 78 valence electrons. The predicted molar refractivity (Wildman–Crippen MR) is 52.5 cm³/mol. The zero-order valence-electron chi connectivity index (χ0n) is 7.75. The van der Waals surface area contributed by atoms with Gasteiger partial charge in [0.1, 0.15) is 0 Å². The van der Waals surface area contributed by atoms with E-state index in [0.717, 1.165) is 0 Å². The third-order valence-corrected chi connectivity index (χ3v) is 1.61. The predicted octanol–water partition coefficient (Wildman–Crippen LogP) is 1.27. The molecule has 0 bridgehead atoms. The topological polar surface area (TPSA) is 87.5 Å². The number of rotatable bonds is 4. The van der Waals surface area contributed by atoms with Crippen molar-refractivity contribution in [3.63, 3.8) is 0 Å². The number of aromatic nitrogens is 1. The zero-order chi connectivity index (χ0) is 11.3. The Labute approximate surface area is 85.7 Å². The van der Waals surface area contributed by atoms with Gasteiger partial charge in [-0.2, -0.15) is 0 Å². The van der Waals surface area contributed by atoms with Crippen LogP contribution in [0.25, 0.3) is 6.08 Å². The van der Waals surface area contributed by atoms with Crippen molar-refractivity contribution in [2.45, 2.75) is 6.42 Å². The summed E-state index contributed by atoms with van der Waals surface area (Å²) in [5, 5.41) is 17.0. The van der Waals surface area contributed by atoms with Crippen molar-refractivity contribution >= 4 is 18.0 Å². The lowest BCUT2D eigenvalue weighted by molar-refractivity contribution is -0.135. The summed E-state index contributed by atoms with van der Waals surface area (Å²) < 4.78 is 0. The van der Waals surface area contributed by atoms with E-state index in [2.05, 4.69) is 4.98 Å². The molecule has 0 atom stereocenters. The van der Waals surface area contributed by atoms with Gasteiger partial charge in [-0.15, -0.1) is 0 Å². The summed E-state index contributed by atoms with van der Waals surface area (Å²) >= 11 is 0. The number of carbonyl (C=O) groups is 2.